The van der Waals surface area contributed by atoms with Gasteiger partial charge in [0, 0.05) is 23.3 Å². The number of carbonyl (C=O) groups is 1. The highest BCUT2D eigenvalue weighted by Gasteiger charge is 2.25. The predicted octanol–water partition coefficient (Wildman–Crippen LogP) is 2.02. The van der Waals surface area contributed by atoms with Crippen molar-refractivity contribution >= 4 is 16.9 Å². The zero-order chi connectivity index (χ0) is 11.0. The minimum Gasteiger partial charge on any atom is -0.447 e. The molecule has 4 heteroatoms. The van der Waals surface area contributed by atoms with Gasteiger partial charge >= 0.3 is 6.09 Å². The molecule has 2 aromatic rings. The fourth-order valence-electron chi connectivity index (χ4n) is 1.97. The topological polar surface area (TPSA) is 51.2 Å². The molecule has 1 N–H and O–H groups in total. The van der Waals surface area contributed by atoms with E-state index < -0.39 is 0 Å². The number of rotatable bonds is 1. The molecule has 80 valence electrons. The Balaban J connectivity index is 2.13. The van der Waals surface area contributed by atoms with Crippen molar-refractivity contribution in [3.05, 3.63) is 42.2 Å². The van der Waals surface area contributed by atoms with E-state index in [1.54, 1.807) is 6.20 Å². The number of benzene rings is 1. The summed E-state index contributed by atoms with van der Waals surface area (Å²) in [5.74, 6) is 0. The molecular weight excluding hydrogens is 204 g/mol. The molecule has 1 fully saturated rings. The maximum absolute atomic E-state index is 11.0. The molecule has 1 atom stereocenters. The Morgan fingerprint density at radius 3 is 3.00 bits per heavy atom. The first-order valence-corrected chi connectivity index (χ1v) is 5.10. The third-order valence-electron chi connectivity index (χ3n) is 2.75. The summed E-state index contributed by atoms with van der Waals surface area (Å²) < 4.78 is 4.89. The average molecular weight is 214 g/mol. The summed E-state index contributed by atoms with van der Waals surface area (Å²) in [6, 6.07) is 7.88. The Morgan fingerprint density at radius 2 is 2.19 bits per heavy atom. The fourth-order valence-corrected chi connectivity index (χ4v) is 1.97. The molecule has 4 nitrogen and oxygen atoms in total. The van der Waals surface area contributed by atoms with Crippen LogP contribution in [0.2, 0.25) is 0 Å². The molecule has 0 bridgehead atoms. The Kier molecular flexibility index (Phi) is 1.99. The van der Waals surface area contributed by atoms with E-state index in [4.69, 9.17) is 4.74 Å². The Hall–Kier alpha value is -2.10. The van der Waals surface area contributed by atoms with Crippen molar-refractivity contribution in [2.45, 2.75) is 6.04 Å². The fraction of sp³-hybridized carbons (Fsp3) is 0.167. The van der Waals surface area contributed by atoms with Gasteiger partial charge in [-0.2, -0.15) is 0 Å². The molecule has 1 saturated heterocycles. The molecule has 0 saturated carbocycles. The molecule has 1 aliphatic heterocycles. The number of fused-ring (bicyclic) bond motifs is 1. The first-order valence-electron chi connectivity index (χ1n) is 5.10. The van der Waals surface area contributed by atoms with Crippen molar-refractivity contribution < 1.29 is 9.53 Å². The van der Waals surface area contributed by atoms with Crippen LogP contribution >= 0.6 is 0 Å². The number of amides is 1. The number of hydrogen-bond donors (Lipinski definition) is 1. The summed E-state index contributed by atoms with van der Waals surface area (Å²) in [6.07, 6.45) is 3.23. The third-order valence-corrected chi connectivity index (χ3v) is 2.75. The van der Waals surface area contributed by atoms with Crippen molar-refractivity contribution in [3.8, 4) is 0 Å². The molecular formula is C12H10N2O2. The Labute approximate surface area is 92.2 Å². The van der Waals surface area contributed by atoms with Crippen molar-refractivity contribution in [2.24, 2.45) is 0 Å². The molecule has 16 heavy (non-hydrogen) atoms. The van der Waals surface area contributed by atoms with Crippen LogP contribution in [0.25, 0.3) is 10.8 Å². The standard InChI is InChI=1S/C12H10N2O2/c15-12-14-11(7-16-12)10-6-13-5-8-3-1-2-4-9(8)10/h1-6,11H,7H2,(H,14,15). The van der Waals surface area contributed by atoms with Crippen LogP contribution < -0.4 is 5.32 Å². The highest BCUT2D eigenvalue weighted by atomic mass is 16.6. The second kappa shape index (κ2) is 3.48. The lowest BCUT2D eigenvalue weighted by Gasteiger charge is -2.10. The van der Waals surface area contributed by atoms with Crippen molar-refractivity contribution in [2.75, 3.05) is 6.61 Å². The normalized spacial score (nSPS) is 19.5. The summed E-state index contributed by atoms with van der Waals surface area (Å²) in [7, 11) is 0. The van der Waals surface area contributed by atoms with E-state index >= 15 is 0 Å². The molecule has 0 spiro atoms. The van der Waals surface area contributed by atoms with Crippen molar-refractivity contribution in [3.63, 3.8) is 0 Å². The molecule has 0 aliphatic carbocycles. The van der Waals surface area contributed by atoms with Gasteiger partial charge in [-0.3, -0.25) is 4.98 Å². The molecule has 3 rings (SSSR count). The van der Waals surface area contributed by atoms with Crippen LogP contribution in [0, 0.1) is 0 Å². The van der Waals surface area contributed by atoms with E-state index in [0.717, 1.165) is 16.3 Å². The van der Waals surface area contributed by atoms with Gasteiger partial charge < -0.3 is 10.1 Å². The van der Waals surface area contributed by atoms with Gasteiger partial charge in [0.15, 0.2) is 0 Å². The lowest BCUT2D eigenvalue weighted by Crippen LogP contribution is -2.18. The minimum absolute atomic E-state index is 0.0916. The number of pyridine rings is 1. The monoisotopic (exact) mass is 214 g/mol. The maximum Gasteiger partial charge on any atom is 0.407 e. The van der Waals surface area contributed by atoms with Gasteiger partial charge in [0.2, 0.25) is 0 Å². The highest BCUT2D eigenvalue weighted by Crippen LogP contribution is 2.25. The molecule has 0 radical (unpaired) electrons. The number of nitrogens with zero attached hydrogens (tertiary/aromatic N) is 1. The van der Waals surface area contributed by atoms with E-state index in [1.165, 1.54) is 0 Å². The van der Waals surface area contributed by atoms with E-state index in [0.29, 0.717) is 6.61 Å². The number of alkyl carbamates (subject to hydrolysis) is 1. The second-order valence-corrected chi connectivity index (χ2v) is 3.75. The van der Waals surface area contributed by atoms with Gasteiger partial charge in [-0.15, -0.1) is 0 Å². The number of hydrogen-bond acceptors (Lipinski definition) is 3. The van der Waals surface area contributed by atoms with Crippen LogP contribution in [0.15, 0.2) is 36.7 Å². The van der Waals surface area contributed by atoms with Crippen LogP contribution in [-0.2, 0) is 4.74 Å². The maximum atomic E-state index is 11.0. The SMILES string of the molecule is O=C1NC(c2cncc3ccccc23)CO1. The second-order valence-electron chi connectivity index (χ2n) is 3.75. The summed E-state index contributed by atoms with van der Waals surface area (Å²) in [4.78, 5) is 15.2. The minimum atomic E-state index is -0.363. The zero-order valence-corrected chi connectivity index (χ0v) is 8.51. The molecule has 1 unspecified atom stereocenters. The van der Waals surface area contributed by atoms with E-state index in [9.17, 15) is 4.79 Å². The lowest BCUT2D eigenvalue weighted by atomic mass is 10.0. The van der Waals surface area contributed by atoms with Crippen LogP contribution in [0.1, 0.15) is 11.6 Å². The van der Waals surface area contributed by atoms with E-state index in [2.05, 4.69) is 10.3 Å². The number of nitrogens with one attached hydrogen (secondary N) is 1. The quantitative estimate of drug-likeness (QED) is 0.790. The largest absolute Gasteiger partial charge is 0.447 e. The van der Waals surface area contributed by atoms with Crippen LogP contribution in [0.4, 0.5) is 4.79 Å². The number of carbonyl (C=O) groups excluding carboxylic acids is 1. The first kappa shape index (κ1) is 9.15. The van der Waals surface area contributed by atoms with Gasteiger partial charge in [0.05, 0.1) is 6.04 Å². The van der Waals surface area contributed by atoms with Gasteiger partial charge in [0.1, 0.15) is 6.61 Å². The number of cyclic esters (lactones) is 1. The van der Waals surface area contributed by atoms with Gasteiger partial charge in [0.25, 0.3) is 0 Å². The van der Waals surface area contributed by atoms with E-state index in [-0.39, 0.29) is 12.1 Å². The number of aromatic nitrogens is 1. The molecule has 1 aromatic heterocycles. The molecule has 1 aliphatic rings. The Bertz CT molecular complexity index is 548. The average Bonchev–Trinajstić information content (AvgIpc) is 2.75. The summed E-state index contributed by atoms with van der Waals surface area (Å²) in [5, 5.41) is 4.94. The predicted molar refractivity (Wildman–Crippen MR) is 59.0 cm³/mol. The lowest BCUT2D eigenvalue weighted by molar-refractivity contribution is 0.177. The summed E-state index contributed by atoms with van der Waals surface area (Å²) in [6.45, 7) is 0.370. The van der Waals surface area contributed by atoms with Gasteiger partial charge in [-0.25, -0.2) is 4.79 Å². The van der Waals surface area contributed by atoms with Crippen molar-refractivity contribution in [1.29, 1.82) is 0 Å². The van der Waals surface area contributed by atoms with Crippen LogP contribution in [-0.4, -0.2) is 17.7 Å². The summed E-state index contributed by atoms with van der Waals surface area (Å²) in [5.41, 5.74) is 1.00. The van der Waals surface area contributed by atoms with E-state index in [1.807, 2.05) is 30.5 Å². The van der Waals surface area contributed by atoms with Crippen molar-refractivity contribution in [1.82, 2.24) is 10.3 Å². The molecule has 1 aromatic carbocycles. The zero-order valence-electron chi connectivity index (χ0n) is 8.51. The third kappa shape index (κ3) is 1.39. The number of ether oxygens (including phenoxy) is 1. The highest BCUT2D eigenvalue weighted by molar-refractivity contribution is 5.85. The molecule has 2 heterocycles. The summed E-state index contributed by atoms with van der Waals surface area (Å²) >= 11 is 0. The van der Waals surface area contributed by atoms with Crippen LogP contribution in [0.5, 0.6) is 0 Å². The van der Waals surface area contributed by atoms with Crippen LogP contribution in [0.3, 0.4) is 0 Å². The smallest absolute Gasteiger partial charge is 0.407 e. The van der Waals surface area contributed by atoms with Gasteiger partial charge in [-0.05, 0) is 5.39 Å². The van der Waals surface area contributed by atoms with Gasteiger partial charge in [-0.1, -0.05) is 24.3 Å². The Morgan fingerprint density at radius 1 is 1.31 bits per heavy atom. The first-order chi connectivity index (χ1) is 7.84. The molecule has 1 amide bonds.